The van der Waals surface area contributed by atoms with Gasteiger partial charge >= 0.3 is 0 Å². The number of hydrogen-bond acceptors (Lipinski definition) is 1. The van der Waals surface area contributed by atoms with E-state index in [9.17, 15) is 4.79 Å². The van der Waals surface area contributed by atoms with Gasteiger partial charge in [-0.2, -0.15) is 0 Å². The van der Waals surface area contributed by atoms with Crippen LogP contribution in [-0.4, -0.2) is 5.91 Å². The second-order valence-corrected chi connectivity index (χ2v) is 6.01. The van der Waals surface area contributed by atoms with Crippen LogP contribution in [0.1, 0.15) is 22.3 Å². The average molecular weight is 332 g/mol. The van der Waals surface area contributed by atoms with Crippen LogP contribution in [0.5, 0.6) is 0 Å². The molecule has 104 valence electrons. The van der Waals surface area contributed by atoms with Crippen molar-refractivity contribution in [3.63, 3.8) is 0 Å². The molecule has 3 heteroatoms. The normalized spacial score (nSPS) is 10.4. The Morgan fingerprint density at radius 2 is 1.85 bits per heavy atom. The van der Waals surface area contributed by atoms with E-state index < -0.39 is 0 Å². The van der Waals surface area contributed by atoms with Crippen LogP contribution >= 0.6 is 15.9 Å². The number of hydrogen-bond donors (Lipinski definition) is 1. The lowest BCUT2D eigenvalue weighted by Gasteiger charge is -2.12. The first-order chi connectivity index (χ1) is 9.45. The molecule has 2 aromatic carbocycles. The molecule has 0 bridgehead atoms. The Bertz CT molecular complexity index is 626. The van der Waals surface area contributed by atoms with Gasteiger partial charge in [0, 0.05) is 4.47 Å². The van der Waals surface area contributed by atoms with Gasteiger partial charge in [-0.05, 0) is 59.5 Å². The van der Waals surface area contributed by atoms with Crippen LogP contribution in [0.25, 0.3) is 0 Å². The minimum absolute atomic E-state index is 0.00301. The van der Waals surface area contributed by atoms with Crippen LogP contribution in [0, 0.1) is 20.8 Å². The Hall–Kier alpha value is -1.61. The van der Waals surface area contributed by atoms with Crippen molar-refractivity contribution in [2.24, 2.45) is 0 Å². The molecule has 2 nitrogen and oxygen atoms in total. The first kappa shape index (κ1) is 14.8. The van der Waals surface area contributed by atoms with Crippen molar-refractivity contribution in [2.45, 2.75) is 27.2 Å². The van der Waals surface area contributed by atoms with E-state index in [1.54, 1.807) is 0 Å². The van der Waals surface area contributed by atoms with E-state index >= 15 is 0 Å². The third-order valence-corrected chi connectivity index (χ3v) is 3.77. The van der Waals surface area contributed by atoms with Crippen molar-refractivity contribution in [3.8, 4) is 0 Å². The maximum absolute atomic E-state index is 12.2. The van der Waals surface area contributed by atoms with Gasteiger partial charge in [-0.25, -0.2) is 0 Å². The van der Waals surface area contributed by atoms with Crippen LogP contribution in [-0.2, 0) is 11.2 Å². The Morgan fingerprint density at radius 3 is 2.50 bits per heavy atom. The van der Waals surface area contributed by atoms with Crippen LogP contribution < -0.4 is 5.32 Å². The molecule has 1 amide bonds. The van der Waals surface area contributed by atoms with Crippen molar-refractivity contribution in [1.29, 1.82) is 0 Å². The van der Waals surface area contributed by atoms with E-state index in [0.717, 1.165) is 21.3 Å². The second kappa shape index (κ2) is 6.23. The van der Waals surface area contributed by atoms with Gasteiger partial charge in [0.05, 0.1) is 12.1 Å². The summed E-state index contributed by atoms with van der Waals surface area (Å²) in [6.07, 6.45) is 0.390. The molecule has 0 saturated carbocycles. The molecule has 0 fully saturated rings. The molecule has 0 atom stereocenters. The quantitative estimate of drug-likeness (QED) is 0.877. The fraction of sp³-hybridized carbons (Fsp3) is 0.235. The Labute approximate surface area is 128 Å². The molecule has 2 rings (SSSR count). The van der Waals surface area contributed by atoms with Gasteiger partial charge in [-0.1, -0.05) is 35.9 Å². The maximum atomic E-state index is 12.2. The molecule has 1 N–H and O–H groups in total. The molecule has 0 unspecified atom stereocenters. The van der Waals surface area contributed by atoms with E-state index in [2.05, 4.69) is 27.3 Å². The van der Waals surface area contributed by atoms with Crippen molar-refractivity contribution in [3.05, 3.63) is 63.1 Å². The van der Waals surface area contributed by atoms with E-state index in [1.165, 1.54) is 11.1 Å². The van der Waals surface area contributed by atoms with E-state index in [0.29, 0.717) is 6.42 Å². The molecule has 2 aromatic rings. The van der Waals surface area contributed by atoms with Crippen molar-refractivity contribution < 1.29 is 4.79 Å². The molecule has 20 heavy (non-hydrogen) atoms. The number of amides is 1. The zero-order valence-electron chi connectivity index (χ0n) is 12.0. The molecular weight excluding hydrogens is 314 g/mol. The number of anilines is 1. The van der Waals surface area contributed by atoms with Crippen molar-refractivity contribution in [1.82, 2.24) is 0 Å². The summed E-state index contributed by atoms with van der Waals surface area (Å²) in [6, 6.07) is 12.1. The highest BCUT2D eigenvalue weighted by Crippen LogP contribution is 2.27. The van der Waals surface area contributed by atoms with Crippen LogP contribution in [0.2, 0.25) is 0 Å². The minimum Gasteiger partial charge on any atom is -0.325 e. The molecule has 0 spiro atoms. The zero-order chi connectivity index (χ0) is 14.7. The number of halogens is 1. The molecule has 0 aliphatic carbocycles. The van der Waals surface area contributed by atoms with E-state index in [-0.39, 0.29) is 5.91 Å². The summed E-state index contributed by atoms with van der Waals surface area (Å²) in [5.74, 6) is 0.00301. The first-order valence-electron chi connectivity index (χ1n) is 6.58. The summed E-state index contributed by atoms with van der Waals surface area (Å²) in [7, 11) is 0. The molecule has 0 aromatic heterocycles. The zero-order valence-corrected chi connectivity index (χ0v) is 13.5. The van der Waals surface area contributed by atoms with E-state index in [4.69, 9.17) is 0 Å². The number of nitrogens with one attached hydrogen (secondary N) is 1. The van der Waals surface area contributed by atoms with E-state index in [1.807, 2.05) is 51.1 Å². The van der Waals surface area contributed by atoms with Gasteiger partial charge < -0.3 is 5.32 Å². The Balaban J connectivity index is 2.13. The summed E-state index contributed by atoms with van der Waals surface area (Å²) in [4.78, 5) is 12.2. The molecule has 0 aliphatic heterocycles. The molecule has 0 heterocycles. The number of carbonyl (C=O) groups is 1. The topological polar surface area (TPSA) is 29.1 Å². The first-order valence-corrected chi connectivity index (χ1v) is 7.37. The molecule has 0 aliphatic rings. The third kappa shape index (κ3) is 3.70. The monoisotopic (exact) mass is 331 g/mol. The third-order valence-electron chi connectivity index (χ3n) is 3.14. The van der Waals surface area contributed by atoms with Gasteiger partial charge in [0.1, 0.15) is 0 Å². The highest BCUT2D eigenvalue weighted by atomic mass is 79.9. The Kier molecular flexibility index (Phi) is 4.61. The molecule has 0 radical (unpaired) electrons. The number of benzene rings is 2. The summed E-state index contributed by atoms with van der Waals surface area (Å²) >= 11 is 3.51. The fourth-order valence-corrected chi connectivity index (χ4v) is 3.04. The lowest BCUT2D eigenvalue weighted by Crippen LogP contribution is -2.15. The highest BCUT2D eigenvalue weighted by Gasteiger charge is 2.09. The lowest BCUT2D eigenvalue weighted by atomic mass is 10.1. The van der Waals surface area contributed by atoms with Crippen molar-refractivity contribution in [2.75, 3.05) is 5.32 Å². The van der Waals surface area contributed by atoms with Crippen LogP contribution in [0.15, 0.2) is 40.9 Å². The van der Waals surface area contributed by atoms with Gasteiger partial charge in [0.25, 0.3) is 0 Å². The predicted molar refractivity (Wildman–Crippen MR) is 87.1 cm³/mol. The molecule has 0 saturated heterocycles. The second-order valence-electron chi connectivity index (χ2n) is 5.15. The summed E-state index contributed by atoms with van der Waals surface area (Å²) in [5.41, 5.74) is 5.29. The van der Waals surface area contributed by atoms with Crippen LogP contribution in [0.3, 0.4) is 0 Å². The van der Waals surface area contributed by atoms with Gasteiger partial charge in [0.2, 0.25) is 5.91 Å². The predicted octanol–water partition coefficient (Wildman–Crippen LogP) is 4.56. The SMILES string of the molecule is Cc1cccc(CC(=O)Nc2c(C)cc(C)cc2Br)c1. The van der Waals surface area contributed by atoms with Gasteiger partial charge in [-0.3, -0.25) is 4.79 Å². The Morgan fingerprint density at radius 1 is 1.10 bits per heavy atom. The average Bonchev–Trinajstić information content (AvgIpc) is 2.33. The minimum atomic E-state index is 0.00301. The van der Waals surface area contributed by atoms with Gasteiger partial charge in [-0.15, -0.1) is 0 Å². The number of aryl methyl sites for hydroxylation is 3. The summed E-state index contributed by atoms with van der Waals surface area (Å²) < 4.78 is 0.924. The lowest BCUT2D eigenvalue weighted by molar-refractivity contribution is -0.115. The highest BCUT2D eigenvalue weighted by molar-refractivity contribution is 9.10. The van der Waals surface area contributed by atoms with Crippen molar-refractivity contribution >= 4 is 27.5 Å². The maximum Gasteiger partial charge on any atom is 0.228 e. The number of rotatable bonds is 3. The number of carbonyl (C=O) groups excluding carboxylic acids is 1. The van der Waals surface area contributed by atoms with Crippen LogP contribution in [0.4, 0.5) is 5.69 Å². The largest absolute Gasteiger partial charge is 0.325 e. The standard InChI is InChI=1S/C17H18BrNO/c1-11-5-4-6-14(8-11)10-16(20)19-17-13(3)7-12(2)9-15(17)18/h4-9H,10H2,1-3H3,(H,19,20). The molecular formula is C17H18BrNO. The summed E-state index contributed by atoms with van der Waals surface area (Å²) in [5, 5.41) is 2.99. The smallest absolute Gasteiger partial charge is 0.228 e. The van der Waals surface area contributed by atoms with Gasteiger partial charge in [0.15, 0.2) is 0 Å². The summed E-state index contributed by atoms with van der Waals surface area (Å²) in [6.45, 7) is 6.07. The fourth-order valence-electron chi connectivity index (χ4n) is 2.27.